The van der Waals surface area contributed by atoms with E-state index < -0.39 is 19.5 Å². The van der Waals surface area contributed by atoms with Gasteiger partial charge in [-0.2, -0.15) is 0 Å². The van der Waals surface area contributed by atoms with E-state index in [-0.39, 0.29) is 5.91 Å². The molecule has 0 saturated heterocycles. The first-order valence-electron chi connectivity index (χ1n) is 5.10. The van der Waals surface area contributed by atoms with Gasteiger partial charge in [-0.15, -0.1) is 4.58 Å². The maximum absolute atomic E-state index is 11.2. The Morgan fingerprint density at radius 2 is 1.56 bits per heavy atom. The summed E-state index contributed by atoms with van der Waals surface area (Å²) in [7, 11) is 0. The van der Waals surface area contributed by atoms with E-state index in [1.54, 1.807) is 4.58 Å². The minimum absolute atomic E-state index is 0.191. The minimum atomic E-state index is -11.2. The van der Waals surface area contributed by atoms with Crippen molar-refractivity contribution in [2.24, 2.45) is 0 Å². The molecular weight excluding hydrogens is 378 g/mol. The van der Waals surface area contributed by atoms with Crippen LogP contribution in [0.5, 0.6) is 0 Å². The Hall–Kier alpha value is -0.462. The average molecular weight is 392 g/mol. The van der Waals surface area contributed by atoms with Gasteiger partial charge in [0.15, 0.2) is 6.54 Å². The van der Waals surface area contributed by atoms with Gasteiger partial charge >= 0.3 is 48.2 Å². The molecule has 1 rings (SSSR count). The van der Waals surface area contributed by atoms with Gasteiger partial charge in [0, 0.05) is 0 Å². The van der Waals surface area contributed by atoms with Crippen molar-refractivity contribution in [2.75, 3.05) is 13.2 Å². The molecule has 0 aliphatic carbocycles. The summed E-state index contributed by atoms with van der Waals surface area (Å²) >= 11 is -11.2. The van der Waals surface area contributed by atoms with E-state index >= 15 is 0 Å². The van der Waals surface area contributed by atoms with Crippen molar-refractivity contribution in [1.82, 2.24) is 0 Å². The third kappa shape index (κ3) is 10.7. The van der Waals surface area contributed by atoms with Crippen LogP contribution in [0.2, 0.25) is 0 Å². The number of carbonyl (C=O) groups excluding carboxylic acids is 1. The fraction of sp³-hybridized carbons (Fsp3) is 0.750. The molecule has 0 atom stereocenters. The van der Waals surface area contributed by atoms with Crippen molar-refractivity contribution < 1.29 is 31.0 Å². The van der Waals surface area contributed by atoms with E-state index in [2.05, 4.69) is 0 Å². The normalized spacial score (nSPS) is 19.9. The Kier molecular flexibility index (Phi) is 4.78. The second kappa shape index (κ2) is 4.90. The zero-order valence-electron chi connectivity index (χ0n) is 9.81. The molecule has 0 radical (unpaired) electrons. The van der Waals surface area contributed by atoms with E-state index in [1.807, 2.05) is 13.8 Å². The predicted octanol–water partition coefficient (Wildman–Crippen LogP) is 2.91. The quantitative estimate of drug-likeness (QED) is 0.411. The number of hydrogen-bond donors (Lipinski definition) is 0. The number of nitrogens with zero attached hydrogens (tertiary/aromatic N) is 1. The summed E-state index contributed by atoms with van der Waals surface area (Å²) in [6.45, 7) is 5.28. The van der Waals surface area contributed by atoms with Gasteiger partial charge in [-0.25, -0.2) is 4.79 Å². The van der Waals surface area contributed by atoms with Crippen LogP contribution in [0, 0.1) is 0 Å². The van der Waals surface area contributed by atoms with Crippen molar-refractivity contribution in [3.05, 3.63) is 0 Å². The number of ether oxygens (including phenoxy) is 1. The molecule has 0 aromatic rings. The molecule has 0 unspecified atom stereocenters. The van der Waals surface area contributed by atoms with Gasteiger partial charge < -0.3 is 4.74 Å². The first kappa shape index (κ1) is 17.5. The van der Waals surface area contributed by atoms with Gasteiger partial charge in [0.25, 0.3) is 0 Å². The molecule has 0 fully saturated rings. The standard InChI is InChI=1S/C8H14NO2.6FH.Sb/c1-3-9-7(10)5-6-8(9)11-4-2;;;;;;;/h3-6H2,1-2H3;6*1H;/q+1;;;;;;;+5/p-6. The van der Waals surface area contributed by atoms with Crippen molar-refractivity contribution in [3.8, 4) is 0 Å². The summed E-state index contributed by atoms with van der Waals surface area (Å²) in [5.41, 5.74) is 0. The average Bonchev–Trinajstić information content (AvgIpc) is 2.42. The fourth-order valence-corrected chi connectivity index (χ4v) is 1.29. The van der Waals surface area contributed by atoms with Crippen LogP contribution in [-0.2, 0) is 9.53 Å². The third-order valence-electron chi connectivity index (χ3n) is 1.78. The summed E-state index contributed by atoms with van der Waals surface area (Å²) in [6.07, 6.45) is 1.39. The topological polar surface area (TPSA) is 29.3 Å². The SMILES string of the molecule is CCOC1=[N+](CC)C(=O)CC1.[F][Sb-]([F])([F])([F])([F])[F]. The van der Waals surface area contributed by atoms with Crippen LogP contribution in [-0.4, -0.2) is 49.0 Å². The Bertz CT molecular complexity index is 348. The number of hydrogen-bond acceptors (Lipinski definition) is 2. The van der Waals surface area contributed by atoms with E-state index in [4.69, 9.17) is 4.74 Å². The predicted molar refractivity (Wildman–Crippen MR) is 54.1 cm³/mol. The second-order valence-corrected chi connectivity index (χ2v) is 8.89. The Morgan fingerprint density at radius 3 is 1.89 bits per heavy atom. The van der Waals surface area contributed by atoms with Crippen LogP contribution in [0.3, 0.4) is 0 Å². The first-order chi connectivity index (χ1) is 7.74. The monoisotopic (exact) mass is 391 g/mol. The molecule has 3 nitrogen and oxygen atoms in total. The van der Waals surface area contributed by atoms with E-state index in [0.29, 0.717) is 13.0 Å². The van der Waals surface area contributed by atoms with Crippen LogP contribution in [0.15, 0.2) is 0 Å². The molecule has 0 aromatic heterocycles. The fourth-order valence-electron chi connectivity index (χ4n) is 1.29. The molecule has 18 heavy (non-hydrogen) atoms. The van der Waals surface area contributed by atoms with Gasteiger partial charge in [0.05, 0.1) is 19.4 Å². The number of halogens is 6. The zero-order chi connectivity index (χ0) is 14.7. The van der Waals surface area contributed by atoms with E-state index in [1.165, 1.54) is 0 Å². The third-order valence-corrected chi connectivity index (χ3v) is 1.78. The van der Waals surface area contributed by atoms with Crippen molar-refractivity contribution >= 4 is 31.3 Å². The van der Waals surface area contributed by atoms with Crippen molar-refractivity contribution in [1.29, 1.82) is 0 Å². The molecule has 1 amide bonds. The van der Waals surface area contributed by atoms with Gasteiger partial charge in [-0.1, -0.05) is 0 Å². The Morgan fingerprint density at radius 1 is 1.11 bits per heavy atom. The summed E-state index contributed by atoms with van der Waals surface area (Å²) in [5.74, 6) is 1.04. The van der Waals surface area contributed by atoms with Crippen LogP contribution in [0.1, 0.15) is 26.7 Å². The second-order valence-electron chi connectivity index (χ2n) is 3.42. The number of amides is 1. The molecule has 1 heterocycles. The molecule has 1 aliphatic heterocycles. The summed E-state index contributed by atoms with van der Waals surface area (Å²) in [4.78, 5) is 11.1. The van der Waals surface area contributed by atoms with E-state index in [9.17, 15) is 21.7 Å². The molecule has 0 bridgehead atoms. The summed E-state index contributed by atoms with van der Waals surface area (Å²) < 4.78 is 66.6. The number of carbonyl (C=O) groups is 1. The maximum atomic E-state index is 11.1. The van der Waals surface area contributed by atoms with Crippen LogP contribution in [0.25, 0.3) is 0 Å². The summed E-state index contributed by atoms with van der Waals surface area (Å²) in [5, 5.41) is 0. The molecule has 1 aliphatic rings. The molecule has 0 spiro atoms. The Balaban J connectivity index is 0.000000360. The van der Waals surface area contributed by atoms with Crippen LogP contribution < -0.4 is 0 Å². The molecule has 0 saturated carbocycles. The van der Waals surface area contributed by atoms with Crippen molar-refractivity contribution in [2.45, 2.75) is 26.7 Å². The van der Waals surface area contributed by atoms with Gasteiger partial charge in [-0.3, -0.25) is 0 Å². The molecule has 110 valence electrons. The van der Waals surface area contributed by atoms with Crippen LogP contribution >= 0.6 is 0 Å². The van der Waals surface area contributed by atoms with Gasteiger partial charge in [0.2, 0.25) is 0 Å². The van der Waals surface area contributed by atoms with Crippen LogP contribution in [0.4, 0.5) is 16.9 Å². The molecule has 0 aromatic carbocycles. The molecule has 0 N–H and O–H groups in total. The molecular formula is C8H14F6NO2Sb. The summed E-state index contributed by atoms with van der Waals surface area (Å²) in [6, 6.07) is 0. The molecule has 10 heteroatoms. The van der Waals surface area contributed by atoms with Gasteiger partial charge in [-0.05, 0) is 13.8 Å². The van der Waals surface area contributed by atoms with Crippen molar-refractivity contribution in [3.63, 3.8) is 0 Å². The first-order valence-corrected chi connectivity index (χ1v) is 10.9. The number of rotatable bonds is 2. The Labute approximate surface area is 102 Å². The van der Waals surface area contributed by atoms with Gasteiger partial charge in [0.1, 0.15) is 0 Å². The van der Waals surface area contributed by atoms with E-state index in [0.717, 1.165) is 18.9 Å². The zero-order valence-corrected chi connectivity index (χ0v) is 12.4.